The molecule has 1 fully saturated rings. The van der Waals surface area contributed by atoms with Crippen molar-refractivity contribution in [3.05, 3.63) is 71.5 Å². The number of piperazine rings is 1. The number of aromatic nitrogens is 4. The zero-order chi connectivity index (χ0) is 23.7. The maximum Gasteiger partial charge on any atom is 0.258 e. The molecule has 0 aliphatic carbocycles. The third-order valence-corrected chi connectivity index (χ3v) is 6.16. The van der Waals surface area contributed by atoms with Crippen LogP contribution in [0.4, 0.5) is 5.82 Å². The standard InChI is InChI=1S/C26H28N6O2/c1-4-34-22-10-9-20-7-5-6-8-21(20)25(22)26(33)31-15-13-30(14-16-31)23-11-12-24(28-27-23)32-19(3)17-18(2)29-32/h5-12,17H,4,13-16H2,1-3H3. The highest BCUT2D eigenvalue weighted by atomic mass is 16.5. The molecule has 5 rings (SSSR count). The predicted octanol–water partition coefficient (Wildman–Crippen LogP) is 3.79. The molecule has 0 atom stereocenters. The molecule has 1 aliphatic rings. The monoisotopic (exact) mass is 456 g/mol. The van der Waals surface area contributed by atoms with Gasteiger partial charge in [0.25, 0.3) is 5.91 Å². The van der Waals surface area contributed by atoms with Crippen LogP contribution in [0.5, 0.6) is 5.75 Å². The summed E-state index contributed by atoms with van der Waals surface area (Å²) in [6.45, 7) is 8.99. The summed E-state index contributed by atoms with van der Waals surface area (Å²) in [6.07, 6.45) is 0. The molecule has 0 N–H and O–H groups in total. The van der Waals surface area contributed by atoms with Crippen molar-refractivity contribution in [2.75, 3.05) is 37.7 Å². The van der Waals surface area contributed by atoms with Gasteiger partial charge in [0, 0.05) is 31.9 Å². The van der Waals surface area contributed by atoms with Crippen LogP contribution in [0.25, 0.3) is 16.6 Å². The van der Waals surface area contributed by atoms with Crippen LogP contribution in [0.15, 0.2) is 54.6 Å². The lowest BCUT2D eigenvalue weighted by molar-refractivity contribution is 0.0744. The highest BCUT2D eigenvalue weighted by molar-refractivity contribution is 6.09. The molecule has 3 heterocycles. The first kappa shape index (κ1) is 21.9. The van der Waals surface area contributed by atoms with Crippen molar-refractivity contribution in [3.8, 4) is 11.6 Å². The molecule has 8 nitrogen and oxygen atoms in total. The maximum absolute atomic E-state index is 13.6. The topological polar surface area (TPSA) is 76.4 Å². The van der Waals surface area contributed by atoms with E-state index in [0.29, 0.717) is 49.9 Å². The van der Waals surface area contributed by atoms with E-state index in [4.69, 9.17) is 4.74 Å². The Hall–Kier alpha value is -3.94. The molecule has 0 bridgehead atoms. The molecule has 0 saturated carbocycles. The van der Waals surface area contributed by atoms with Gasteiger partial charge in [0.2, 0.25) is 0 Å². The van der Waals surface area contributed by atoms with Gasteiger partial charge in [-0.2, -0.15) is 5.10 Å². The van der Waals surface area contributed by atoms with E-state index < -0.39 is 0 Å². The molecular formula is C26H28N6O2. The molecule has 2 aromatic heterocycles. The van der Waals surface area contributed by atoms with Crippen LogP contribution >= 0.6 is 0 Å². The van der Waals surface area contributed by atoms with E-state index in [2.05, 4.69) is 20.2 Å². The zero-order valence-corrected chi connectivity index (χ0v) is 19.7. The number of aryl methyl sites for hydroxylation is 2. The summed E-state index contributed by atoms with van der Waals surface area (Å²) in [6, 6.07) is 17.8. The quantitative estimate of drug-likeness (QED) is 0.455. The highest BCUT2D eigenvalue weighted by Gasteiger charge is 2.26. The smallest absolute Gasteiger partial charge is 0.258 e. The van der Waals surface area contributed by atoms with Crippen LogP contribution in [-0.2, 0) is 0 Å². The molecule has 0 radical (unpaired) electrons. The molecule has 0 unspecified atom stereocenters. The number of carbonyl (C=O) groups excluding carboxylic acids is 1. The molecule has 1 saturated heterocycles. The van der Waals surface area contributed by atoms with Gasteiger partial charge in [-0.25, -0.2) is 4.68 Å². The molecule has 1 amide bonds. The Morgan fingerprint density at radius 2 is 1.68 bits per heavy atom. The van der Waals surface area contributed by atoms with Crippen LogP contribution in [-0.4, -0.2) is 63.6 Å². The van der Waals surface area contributed by atoms with E-state index in [-0.39, 0.29) is 5.91 Å². The van der Waals surface area contributed by atoms with Crippen LogP contribution in [0.2, 0.25) is 0 Å². The first-order valence-corrected chi connectivity index (χ1v) is 11.6. The van der Waals surface area contributed by atoms with Crippen LogP contribution in [0.3, 0.4) is 0 Å². The summed E-state index contributed by atoms with van der Waals surface area (Å²) >= 11 is 0. The average Bonchev–Trinajstić information content (AvgIpc) is 3.21. The van der Waals surface area contributed by atoms with Crippen molar-refractivity contribution in [3.63, 3.8) is 0 Å². The van der Waals surface area contributed by atoms with Crippen molar-refractivity contribution >= 4 is 22.5 Å². The molecule has 4 aromatic rings. The molecule has 174 valence electrons. The van der Waals surface area contributed by atoms with Gasteiger partial charge in [-0.05, 0) is 55.8 Å². The Morgan fingerprint density at radius 3 is 2.35 bits per heavy atom. The van der Waals surface area contributed by atoms with E-state index in [1.54, 1.807) is 4.68 Å². The second-order valence-corrected chi connectivity index (χ2v) is 8.46. The summed E-state index contributed by atoms with van der Waals surface area (Å²) in [7, 11) is 0. The van der Waals surface area contributed by atoms with E-state index in [1.165, 1.54) is 0 Å². The first-order valence-electron chi connectivity index (χ1n) is 11.6. The van der Waals surface area contributed by atoms with E-state index in [0.717, 1.165) is 28.0 Å². The third kappa shape index (κ3) is 4.07. The Bertz CT molecular complexity index is 1320. The Balaban J connectivity index is 1.32. The number of anilines is 1. The van der Waals surface area contributed by atoms with E-state index in [9.17, 15) is 4.79 Å². The molecule has 1 aliphatic heterocycles. The van der Waals surface area contributed by atoms with E-state index in [1.807, 2.05) is 80.3 Å². The number of hydrogen-bond acceptors (Lipinski definition) is 6. The second kappa shape index (κ2) is 9.13. The van der Waals surface area contributed by atoms with E-state index >= 15 is 0 Å². The summed E-state index contributed by atoms with van der Waals surface area (Å²) in [5.74, 6) is 2.14. The maximum atomic E-state index is 13.6. The molecule has 8 heteroatoms. The van der Waals surface area contributed by atoms with Crippen LogP contribution < -0.4 is 9.64 Å². The minimum atomic E-state index is 0.00543. The Kier molecular flexibility index (Phi) is 5.88. The summed E-state index contributed by atoms with van der Waals surface area (Å²) in [4.78, 5) is 17.6. The van der Waals surface area contributed by atoms with Gasteiger partial charge >= 0.3 is 0 Å². The largest absolute Gasteiger partial charge is 0.493 e. The number of hydrogen-bond donors (Lipinski definition) is 0. The van der Waals surface area contributed by atoms with Gasteiger partial charge in [0.1, 0.15) is 5.75 Å². The van der Waals surface area contributed by atoms with Gasteiger partial charge < -0.3 is 14.5 Å². The van der Waals surface area contributed by atoms with Crippen molar-refractivity contribution in [2.45, 2.75) is 20.8 Å². The number of nitrogens with zero attached hydrogens (tertiary/aromatic N) is 6. The zero-order valence-electron chi connectivity index (χ0n) is 19.7. The number of carbonyl (C=O) groups is 1. The summed E-state index contributed by atoms with van der Waals surface area (Å²) < 4.78 is 7.62. The average molecular weight is 457 g/mol. The Labute approximate surface area is 198 Å². The van der Waals surface area contributed by atoms with Gasteiger partial charge in [-0.15, -0.1) is 10.2 Å². The normalized spacial score (nSPS) is 14.0. The minimum absolute atomic E-state index is 0.00543. The number of benzene rings is 2. The minimum Gasteiger partial charge on any atom is -0.493 e. The van der Waals surface area contributed by atoms with Crippen LogP contribution in [0.1, 0.15) is 28.7 Å². The third-order valence-electron chi connectivity index (χ3n) is 6.16. The SMILES string of the molecule is CCOc1ccc2ccccc2c1C(=O)N1CCN(c2ccc(-n3nc(C)cc3C)nn2)CC1. The van der Waals surface area contributed by atoms with Gasteiger partial charge in [0.05, 0.1) is 17.9 Å². The van der Waals surface area contributed by atoms with Crippen LogP contribution in [0, 0.1) is 13.8 Å². The van der Waals surface area contributed by atoms with Gasteiger partial charge in [-0.1, -0.05) is 30.3 Å². The highest BCUT2D eigenvalue weighted by Crippen LogP contribution is 2.30. The lowest BCUT2D eigenvalue weighted by atomic mass is 10.0. The van der Waals surface area contributed by atoms with Crippen molar-refractivity contribution in [2.24, 2.45) is 0 Å². The fourth-order valence-electron chi connectivity index (χ4n) is 4.51. The second-order valence-electron chi connectivity index (χ2n) is 8.46. The molecule has 2 aromatic carbocycles. The van der Waals surface area contributed by atoms with Gasteiger partial charge in [-0.3, -0.25) is 4.79 Å². The number of fused-ring (bicyclic) bond motifs is 1. The fraction of sp³-hybridized carbons (Fsp3) is 0.308. The molecular weight excluding hydrogens is 428 g/mol. The summed E-state index contributed by atoms with van der Waals surface area (Å²) in [5, 5.41) is 15.2. The molecule has 0 spiro atoms. The van der Waals surface area contributed by atoms with Crippen molar-refractivity contribution in [1.29, 1.82) is 0 Å². The lowest BCUT2D eigenvalue weighted by Gasteiger charge is -2.35. The summed E-state index contributed by atoms with van der Waals surface area (Å²) in [5.41, 5.74) is 2.61. The molecule has 34 heavy (non-hydrogen) atoms. The predicted molar refractivity (Wildman–Crippen MR) is 132 cm³/mol. The first-order chi connectivity index (χ1) is 16.5. The number of rotatable bonds is 5. The van der Waals surface area contributed by atoms with Gasteiger partial charge in [0.15, 0.2) is 11.6 Å². The fourth-order valence-corrected chi connectivity index (χ4v) is 4.51. The van der Waals surface area contributed by atoms with Crippen molar-refractivity contribution < 1.29 is 9.53 Å². The lowest BCUT2D eigenvalue weighted by Crippen LogP contribution is -2.49. The number of ether oxygens (including phenoxy) is 1. The van der Waals surface area contributed by atoms with Crippen molar-refractivity contribution in [1.82, 2.24) is 24.9 Å². The Morgan fingerprint density at radius 1 is 0.941 bits per heavy atom. The number of amides is 1.